The number of anilines is 2. The zero-order valence-electron chi connectivity index (χ0n) is 17.3. The molecule has 4 rings (SSSR count). The quantitative estimate of drug-likeness (QED) is 0.789. The largest absolute Gasteiger partial charge is 0.371 e. The van der Waals surface area contributed by atoms with Crippen molar-refractivity contribution in [1.82, 2.24) is 9.29 Å². The van der Waals surface area contributed by atoms with Gasteiger partial charge in [0.15, 0.2) is 0 Å². The third-order valence-electron chi connectivity index (χ3n) is 5.77. The van der Waals surface area contributed by atoms with Gasteiger partial charge in [0.05, 0.1) is 10.5 Å². The first kappa shape index (κ1) is 20.8. The number of hydrogen-bond donors (Lipinski definition) is 1. The fourth-order valence-electron chi connectivity index (χ4n) is 4.07. The Labute approximate surface area is 178 Å². The molecule has 0 aliphatic carbocycles. The van der Waals surface area contributed by atoms with E-state index < -0.39 is 10.0 Å². The van der Waals surface area contributed by atoms with Crippen molar-refractivity contribution in [2.75, 3.05) is 36.4 Å². The van der Waals surface area contributed by atoms with E-state index in [1.807, 2.05) is 13.0 Å². The van der Waals surface area contributed by atoms with Gasteiger partial charge in [-0.1, -0.05) is 12.5 Å². The molecule has 2 fully saturated rings. The fourth-order valence-corrected chi connectivity index (χ4v) is 5.61. The Balaban J connectivity index is 1.68. The number of amides is 1. The van der Waals surface area contributed by atoms with E-state index in [-0.39, 0.29) is 10.8 Å². The molecule has 1 N–H and O–H groups in total. The lowest BCUT2D eigenvalue weighted by molar-refractivity contribution is 0.102. The highest BCUT2D eigenvalue weighted by molar-refractivity contribution is 7.89. The SMILES string of the molecule is Cc1ccc(NC(=O)c2cc(S(=O)(=O)N3CCCCC3)ccc2N2CCCC2)nc1. The minimum atomic E-state index is -3.62. The number of aryl methyl sites for hydroxylation is 1. The van der Waals surface area contributed by atoms with Crippen molar-refractivity contribution < 1.29 is 13.2 Å². The molecule has 0 bridgehead atoms. The number of pyridine rings is 1. The summed E-state index contributed by atoms with van der Waals surface area (Å²) in [5.74, 6) is 0.103. The van der Waals surface area contributed by atoms with E-state index in [0.717, 1.165) is 56.4 Å². The summed E-state index contributed by atoms with van der Waals surface area (Å²) in [7, 11) is -3.62. The minimum Gasteiger partial charge on any atom is -0.371 e. The van der Waals surface area contributed by atoms with Crippen LogP contribution in [0.3, 0.4) is 0 Å². The molecule has 0 unspecified atom stereocenters. The Hall–Kier alpha value is -2.45. The number of sulfonamides is 1. The van der Waals surface area contributed by atoms with Crippen molar-refractivity contribution in [1.29, 1.82) is 0 Å². The number of hydrogen-bond acceptors (Lipinski definition) is 5. The lowest BCUT2D eigenvalue weighted by Gasteiger charge is -2.27. The minimum absolute atomic E-state index is 0.175. The summed E-state index contributed by atoms with van der Waals surface area (Å²) >= 11 is 0. The smallest absolute Gasteiger partial charge is 0.258 e. The van der Waals surface area contributed by atoms with E-state index in [4.69, 9.17) is 0 Å². The van der Waals surface area contributed by atoms with E-state index in [2.05, 4.69) is 15.2 Å². The predicted molar refractivity (Wildman–Crippen MR) is 117 cm³/mol. The molecule has 1 aromatic heterocycles. The molecule has 0 radical (unpaired) electrons. The molecule has 0 spiro atoms. The molecule has 1 amide bonds. The lowest BCUT2D eigenvalue weighted by atomic mass is 10.1. The van der Waals surface area contributed by atoms with Crippen LogP contribution in [-0.2, 0) is 10.0 Å². The molecule has 160 valence electrons. The molecule has 0 atom stereocenters. The van der Waals surface area contributed by atoms with Crippen molar-refractivity contribution in [2.45, 2.75) is 43.9 Å². The lowest BCUT2D eigenvalue weighted by Crippen LogP contribution is -2.35. The number of aromatic nitrogens is 1. The number of rotatable bonds is 5. The predicted octanol–water partition coefficient (Wildman–Crippen LogP) is 3.42. The Morgan fingerprint density at radius 1 is 0.967 bits per heavy atom. The van der Waals surface area contributed by atoms with Gasteiger partial charge in [-0.05, 0) is 62.4 Å². The van der Waals surface area contributed by atoms with E-state index in [9.17, 15) is 13.2 Å². The van der Waals surface area contributed by atoms with Crippen LogP contribution in [0.1, 0.15) is 48.0 Å². The first-order valence-corrected chi connectivity index (χ1v) is 12.0. The Bertz CT molecular complexity index is 1010. The molecule has 2 saturated heterocycles. The Kier molecular flexibility index (Phi) is 6.06. The molecule has 2 aliphatic rings. The van der Waals surface area contributed by atoms with Crippen LogP contribution >= 0.6 is 0 Å². The van der Waals surface area contributed by atoms with Crippen molar-refractivity contribution in [3.8, 4) is 0 Å². The Morgan fingerprint density at radius 2 is 1.67 bits per heavy atom. The summed E-state index contributed by atoms with van der Waals surface area (Å²) in [6.45, 7) is 4.72. The molecule has 2 aliphatic heterocycles. The molecule has 7 nitrogen and oxygen atoms in total. The average Bonchev–Trinajstić information content (AvgIpc) is 3.30. The van der Waals surface area contributed by atoms with Crippen molar-refractivity contribution >= 4 is 27.4 Å². The fraction of sp³-hybridized carbons (Fsp3) is 0.455. The van der Waals surface area contributed by atoms with Gasteiger partial charge in [0.25, 0.3) is 5.91 Å². The van der Waals surface area contributed by atoms with Gasteiger partial charge in [0.1, 0.15) is 5.82 Å². The first-order valence-electron chi connectivity index (χ1n) is 10.6. The van der Waals surface area contributed by atoms with Gasteiger partial charge in [-0.15, -0.1) is 0 Å². The summed E-state index contributed by atoms with van der Waals surface area (Å²) in [4.78, 5) is 19.7. The van der Waals surface area contributed by atoms with Gasteiger partial charge in [-0.25, -0.2) is 13.4 Å². The normalized spacial score (nSPS) is 17.8. The van der Waals surface area contributed by atoms with Crippen LogP contribution < -0.4 is 10.2 Å². The van der Waals surface area contributed by atoms with Crippen molar-refractivity contribution in [3.05, 3.63) is 47.7 Å². The molecule has 2 aromatic rings. The molecule has 3 heterocycles. The maximum atomic E-state index is 13.2. The van der Waals surface area contributed by atoms with E-state index in [1.54, 1.807) is 24.4 Å². The maximum absolute atomic E-state index is 13.2. The van der Waals surface area contributed by atoms with Gasteiger partial charge in [0, 0.05) is 38.1 Å². The van der Waals surface area contributed by atoms with Crippen LogP contribution in [0.25, 0.3) is 0 Å². The summed E-state index contributed by atoms with van der Waals surface area (Å²) < 4.78 is 27.8. The molecule has 0 saturated carbocycles. The number of nitrogens with one attached hydrogen (secondary N) is 1. The highest BCUT2D eigenvalue weighted by Crippen LogP contribution is 2.30. The average molecular weight is 429 g/mol. The zero-order valence-corrected chi connectivity index (χ0v) is 18.1. The monoisotopic (exact) mass is 428 g/mol. The molecule has 8 heteroatoms. The van der Waals surface area contributed by atoms with Crippen molar-refractivity contribution in [2.24, 2.45) is 0 Å². The second kappa shape index (κ2) is 8.73. The second-order valence-electron chi connectivity index (χ2n) is 8.01. The second-order valence-corrected chi connectivity index (χ2v) is 9.95. The standard InChI is InChI=1S/C22H28N4O3S/c1-17-7-10-21(23-16-17)24-22(27)19-15-18(8-9-20(19)25-11-5-6-12-25)30(28,29)26-13-3-2-4-14-26/h7-10,15-16H,2-6,11-14H2,1H3,(H,23,24,27). The Morgan fingerprint density at radius 3 is 2.33 bits per heavy atom. The highest BCUT2D eigenvalue weighted by Gasteiger charge is 2.28. The van der Waals surface area contributed by atoms with Gasteiger partial charge < -0.3 is 10.2 Å². The molecule has 1 aromatic carbocycles. The van der Waals surface area contributed by atoms with Crippen molar-refractivity contribution in [3.63, 3.8) is 0 Å². The topological polar surface area (TPSA) is 82.6 Å². The van der Waals surface area contributed by atoms with Gasteiger partial charge in [-0.2, -0.15) is 4.31 Å². The number of piperidine rings is 1. The summed E-state index contributed by atoms with van der Waals surface area (Å²) in [5, 5.41) is 2.82. The number of carbonyl (C=O) groups is 1. The van der Waals surface area contributed by atoms with Gasteiger partial charge >= 0.3 is 0 Å². The zero-order chi connectivity index (χ0) is 21.1. The molecular formula is C22H28N4O3S. The first-order chi connectivity index (χ1) is 14.4. The molecule has 30 heavy (non-hydrogen) atoms. The van der Waals surface area contributed by atoms with E-state index >= 15 is 0 Å². The van der Waals surface area contributed by atoms with Gasteiger partial charge in [0.2, 0.25) is 10.0 Å². The third-order valence-corrected chi connectivity index (χ3v) is 7.66. The van der Waals surface area contributed by atoms with E-state index in [1.165, 1.54) is 10.4 Å². The van der Waals surface area contributed by atoms with E-state index in [0.29, 0.717) is 24.5 Å². The third kappa shape index (κ3) is 4.34. The summed E-state index contributed by atoms with van der Waals surface area (Å²) in [6, 6.07) is 8.57. The number of carbonyl (C=O) groups excluding carboxylic acids is 1. The number of nitrogens with zero attached hydrogens (tertiary/aromatic N) is 3. The van der Waals surface area contributed by atoms with Crippen LogP contribution in [0.15, 0.2) is 41.4 Å². The van der Waals surface area contributed by atoms with Crippen LogP contribution in [0, 0.1) is 6.92 Å². The van der Waals surface area contributed by atoms with Crippen LogP contribution in [0.2, 0.25) is 0 Å². The van der Waals surface area contributed by atoms with Crippen LogP contribution in [0.5, 0.6) is 0 Å². The summed E-state index contributed by atoms with van der Waals surface area (Å²) in [5.41, 5.74) is 2.15. The van der Waals surface area contributed by atoms with Crippen LogP contribution in [0.4, 0.5) is 11.5 Å². The van der Waals surface area contributed by atoms with Crippen LogP contribution in [-0.4, -0.2) is 49.8 Å². The summed E-state index contributed by atoms with van der Waals surface area (Å²) in [6.07, 6.45) is 6.61. The number of benzene rings is 1. The molecular weight excluding hydrogens is 400 g/mol. The van der Waals surface area contributed by atoms with Gasteiger partial charge in [-0.3, -0.25) is 4.79 Å². The maximum Gasteiger partial charge on any atom is 0.258 e. The highest BCUT2D eigenvalue weighted by atomic mass is 32.2.